The molecule has 0 bridgehead atoms. The highest BCUT2D eigenvalue weighted by Crippen LogP contribution is 2.42. The summed E-state index contributed by atoms with van der Waals surface area (Å²) >= 11 is 0. The highest BCUT2D eigenvalue weighted by atomic mass is 19.4. The van der Waals surface area contributed by atoms with E-state index in [1.54, 1.807) is 11.9 Å². The van der Waals surface area contributed by atoms with E-state index in [0.717, 1.165) is 12.8 Å². The molecule has 1 N–H and O–H groups in total. The van der Waals surface area contributed by atoms with E-state index < -0.39 is 17.6 Å². The highest BCUT2D eigenvalue weighted by molar-refractivity contribution is 5.82. The molecule has 0 radical (unpaired) electrons. The second-order valence-corrected chi connectivity index (χ2v) is 6.10. The molecule has 0 spiro atoms. The van der Waals surface area contributed by atoms with Gasteiger partial charge in [-0.2, -0.15) is 13.2 Å². The summed E-state index contributed by atoms with van der Waals surface area (Å²) in [5, 5.41) is 3.03. The smallest absolute Gasteiger partial charge is 0.393 e. The first kappa shape index (κ1) is 16.5. The Hall–Kier alpha value is -0.820. The summed E-state index contributed by atoms with van der Waals surface area (Å²) in [4.78, 5) is 13.9. The van der Waals surface area contributed by atoms with E-state index in [1.807, 2.05) is 0 Å². The Kier molecular flexibility index (Phi) is 4.82. The zero-order valence-electron chi connectivity index (χ0n) is 12.5. The number of likely N-dealkylation sites (N-methyl/N-ethyl adjacent to an activating group) is 1. The van der Waals surface area contributed by atoms with Crippen molar-refractivity contribution in [2.45, 2.75) is 37.4 Å². The van der Waals surface area contributed by atoms with Crippen molar-refractivity contribution in [1.29, 1.82) is 0 Å². The van der Waals surface area contributed by atoms with Crippen molar-refractivity contribution in [3.8, 4) is 0 Å². The molecule has 2 atom stereocenters. The molecule has 2 rings (SSSR count). The minimum Gasteiger partial charge on any atom is -0.468 e. The normalized spacial score (nSPS) is 27.2. The van der Waals surface area contributed by atoms with Gasteiger partial charge in [-0.3, -0.25) is 0 Å². The lowest BCUT2D eigenvalue weighted by atomic mass is 9.90. The van der Waals surface area contributed by atoms with Crippen molar-refractivity contribution in [3.05, 3.63) is 0 Å². The average Bonchev–Trinajstić information content (AvgIpc) is 3.28. The second-order valence-electron chi connectivity index (χ2n) is 6.10. The van der Waals surface area contributed by atoms with Crippen LogP contribution in [-0.2, 0) is 9.53 Å². The van der Waals surface area contributed by atoms with Gasteiger partial charge in [0, 0.05) is 13.1 Å². The van der Waals surface area contributed by atoms with Gasteiger partial charge in [-0.15, -0.1) is 0 Å². The third kappa shape index (κ3) is 3.51. The van der Waals surface area contributed by atoms with Crippen LogP contribution < -0.4 is 5.32 Å². The van der Waals surface area contributed by atoms with E-state index in [2.05, 4.69) is 5.32 Å². The molecule has 0 aromatic carbocycles. The molecule has 2 unspecified atom stereocenters. The highest BCUT2D eigenvalue weighted by Gasteiger charge is 2.53. The Labute approximate surface area is 123 Å². The Bertz CT molecular complexity index is 385. The van der Waals surface area contributed by atoms with Crippen LogP contribution in [0.4, 0.5) is 13.2 Å². The van der Waals surface area contributed by atoms with Crippen LogP contribution in [0.5, 0.6) is 0 Å². The maximum Gasteiger partial charge on any atom is 0.393 e. The summed E-state index contributed by atoms with van der Waals surface area (Å²) in [7, 11) is 3.01. The molecule has 4 nitrogen and oxygen atoms in total. The molecular formula is C14H23F3N2O2. The number of carbonyl (C=O) groups excluding carboxylic acids is 1. The molecule has 1 aliphatic carbocycles. The lowest BCUT2D eigenvalue weighted by Crippen LogP contribution is -2.61. The number of likely N-dealkylation sites (tertiary alicyclic amines) is 1. The Balaban J connectivity index is 2.08. The number of esters is 1. The maximum absolute atomic E-state index is 12.9. The van der Waals surface area contributed by atoms with Gasteiger partial charge in [-0.05, 0) is 45.2 Å². The zero-order chi connectivity index (χ0) is 15.7. The lowest BCUT2D eigenvalue weighted by Gasteiger charge is -2.40. The van der Waals surface area contributed by atoms with E-state index in [9.17, 15) is 18.0 Å². The zero-order valence-corrected chi connectivity index (χ0v) is 12.5. The molecule has 0 aromatic rings. The summed E-state index contributed by atoms with van der Waals surface area (Å²) in [6.45, 7) is 0.851. The van der Waals surface area contributed by atoms with Crippen molar-refractivity contribution in [1.82, 2.24) is 10.2 Å². The number of hydrogen-bond acceptors (Lipinski definition) is 4. The largest absolute Gasteiger partial charge is 0.468 e. The van der Waals surface area contributed by atoms with Gasteiger partial charge < -0.3 is 15.0 Å². The first-order valence-corrected chi connectivity index (χ1v) is 7.40. The molecule has 1 aliphatic heterocycles. The quantitative estimate of drug-likeness (QED) is 0.787. The molecule has 2 aliphatic rings. The van der Waals surface area contributed by atoms with Crippen molar-refractivity contribution < 1.29 is 22.7 Å². The van der Waals surface area contributed by atoms with E-state index in [-0.39, 0.29) is 31.4 Å². The van der Waals surface area contributed by atoms with Gasteiger partial charge in [0.2, 0.25) is 0 Å². The number of ether oxygens (including phenoxy) is 1. The summed E-state index contributed by atoms with van der Waals surface area (Å²) in [6, 6.07) is 0. The van der Waals surface area contributed by atoms with Crippen molar-refractivity contribution in [2.24, 2.45) is 11.8 Å². The fraction of sp³-hybridized carbons (Fsp3) is 0.929. The Morgan fingerprint density at radius 2 is 1.95 bits per heavy atom. The van der Waals surface area contributed by atoms with Crippen LogP contribution in [0.3, 0.4) is 0 Å². The van der Waals surface area contributed by atoms with Crippen LogP contribution >= 0.6 is 0 Å². The molecule has 7 heteroatoms. The second kappa shape index (κ2) is 6.12. The molecule has 1 saturated carbocycles. The van der Waals surface area contributed by atoms with Crippen LogP contribution in [0.25, 0.3) is 0 Å². The van der Waals surface area contributed by atoms with Crippen molar-refractivity contribution in [3.63, 3.8) is 0 Å². The molecule has 1 heterocycles. The Morgan fingerprint density at radius 3 is 2.43 bits per heavy atom. The van der Waals surface area contributed by atoms with Gasteiger partial charge in [0.25, 0.3) is 0 Å². The number of rotatable bonds is 5. The number of hydrogen-bond donors (Lipinski definition) is 1. The number of halogens is 3. The van der Waals surface area contributed by atoms with Crippen LogP contribution in [-0.4, -0.2) is 56.4 Å². The number of nitrogens with one attached hydrogen (secondary N) is 1. The van der Waals surface area contributed by atoms with E-state index >= 15 is 0 Å². The van der Waals surface area contributed by atoms with Crippen molar-refractivity contribution >= 4 is 5.97 Å². The minimum atomic E-state index is -4.16. The lowest BCUT2D eigenvalue weighted by molar-refractivity contribution is -0.188. The van der Waals surface area contributed by atoms with Gasteiger partial charge in [0.15, 0.2) is 0 Å². The molecule has 0 amide bonds. The van der Waals surface area contributed by atoms with Gasteiger partial charge in [0.1, 0.15) is 5.54 Å². The predicted octanol–water partition coefficient (Wildman–Crippen LogP) is 1.80. The third-order valence-electron chi connectivity index (χ3n) is 4.71. The van der Waals surface area contributed by atoms with Gasteiger partial charge in [0.05, 0.1) is 13.0 Å². The fourth-order valence-corrected chi connectivity index (χ4v) is 3.32. The van der Waals surface area contributed by atoms with Gasteiger partial charge in [-0.25, -0.2) is 4.79 Å². The number of carbonyl (C=O) groups is 1. The fourth-order valence-electron chi connectivity index (χ4n) is 3.32. The first-order chi connectivity index (χ1) is 9.83. The maximum atomic E-state index is 12.9. The molecule has 1 saturated heterocycles. The number of piperidine rings is 1. The van der Waals surface area contributed by atoms with E-state index in [1.165, 1.54) is 7.11 Å². The van der Waals surface area contributed by atoms with E-state index in [0.29, 0.717) is 13.0 Å². The summed E-state index contributed by atoms with van der Waals surface area (Å²) < 4.78 is 43.6. The van der Waals surface area contributed by atoms with Crippen LogP contribution in [0, 0.1) is 11.8 Å². The number of methoxy groups -OCH3 is 1. The van der Waals surface area contributed by atoms with Crippen LogP contribution in [0.15, 0.2) is 0 Å². The number of nitrogens with zero attached hydrogens (tertiary/aromatic N) is 1. The molecule has 21 heavy (non-hydrogen) atoms. The third-order valence-corrected chi connectivity index (χ3v) is 4.71. The molecule has 0 aromatic heterocycles. The standard InChI is InChI=1S/C14H23F3N2O2/c1-18-13(10-5-6-10,12(20)21-2)9-19-7-3-4-11(8-19)14(15,16)17/h10-11,18H,3-9H2,1-2H3. The van der Waals surface area contributed by atoms with Crippen molar-refractivity contribution in [2.75, 3.05) is 33.8 Å². The summed E-state index contributed by atoms with van der Waals surface area (Å²) in [5.74, 6) is -1.51. The SMILES string of the molecule is CNC(CN1CCCC(C(F)(F)F)C1)(C(=O)OC)C1CC1. The molecule has 122 valence electrons. The van der Waals surface area contributed by atoms with Crippen LogP contribution in [0.1, 0.15) is 25.7 Å². The van der Waals surface area contributed by atoms with E-state index in [4.69, 9.17) is 4.74 Å². The Morgan fingerprint density at radius 1 is 1.29 bits per heavy atom. The first-order valence-electron chi connectivity index (χ1n) is 7.40. The van der Waals surface area contributed by atoms with Crippen LogP contribution in [0.2, 0.25) is 0 Å². The monoisotopic (exact) mass is 308 g/mol. The summed E-state index contributed by atoms with van der Waals surface area (Å²) in [5.41, 5.74) is -0.873. The minimum absolute atomic E-state index is 0.0311. The van der Waals surface area contributed by atoms with Gasteiger partial charge in [-0.1, -0.05) is 0 Å². The molecular weight excluding hydrogens is 285 g/mol. The summed E-state index contributed by atoms with van der Waals surface area (Å²) in [6.07, 6.45) is -1.66. The molecule has 2 fully saturated rings. The predicted molar refractivity (Wildman–Crippen MR) is 71.7 cm³/mol. The average molecular weight is 308 g/mol. The van der Waals surface area contributed by atoms with Gasteiger partial charge >= 0.3 is 12.1 Å². The topological polar surface area (TPSA) is 41.6 Å². The number of alkyl halides is 3.